The molecule has 1 fully saturated rings. The quantitative estimate of drug-likeness (QED) is 0.629. The number of Topliss-reactive ketones (excluding diaryl/α,β-unsaturated/α-hetero) is 1. The zero-order valence-corrected chi connectivity index (χ0v) is 13.1. The molecule has 0 aromatic heterocycles. The van der Waals surface area contributed by atoms with Gasteiger partial charge in [0.15, 0.2) is 5.78 Å². The number of fused-ring (bicyclic) bond motifs is 1. The molecule has 0 bridgehead atoms. The molecule has 0 spiro atoms. The standard InChI is InChI=1S/C18H26O2/c1-5-6-7-8-9-10-11-18(20)12-13(2)15(19)14-16(18)17(14,3)4/h12,14,16,20H,5-9H2,1-4H3/t14-,16+,18+/m0/s1. The number of carbonyl (C=O) groups excluding carboxylic acids is 1. The van der Waals surface area contributed by atoms with Crippen LogP contribution in [-0.4, -0.2) is 16.5 Å². The normalized spacial score (nSPS) is 33.9. The van der Waals surface area contributed by atoms with Gasteiger partial charge in [-0.05, 0) is 30.4 Å². The van der Waals surface area contributed by atoms with E-state index in [0.717, 1.165) is 12.8 Å². The number of allylic oxidation sites excluding steroid dienone is 1. The number of hydrogen-bond acceptors (Lipinski definition) is 2. The smallest absolute Gasteiger partial charge is 0.162 e. The average molecular weight is 274 g/mol. The molecule has 0 aromatic carbocycles. The van der Waals surface area contributed by atoms with Crippen LogP contribution < -0.4 is 0 Å². The van der Waals surface area contributed by atoms with Crippen LogP contribution in [0.5, 0.6) is 0 Å². The largest absolute Gasteiger partial charge is 0.374 e. The summed E-state index contributed by atoms with van der Waals surface area (Å²) in [5.74, 6) is 6.29. The molecule has 0 saturated heterocycles. The van der Waals surface area contributed by atoms with Crippen molar-refractivity contribution in [3.63, 3.8) is 0 Å². The van der Waals surface area contributed by atoms with Gasteiger partial charge in [-0.25, -0.2) is 0 Å². The second-order valence-electron chi connectivity index (χ2n) is 6.91. The summed E-state index contributed by atoms with van der Waals surface area (Å²) in [6.07, 6.45) is 7.28. The van der Waals surface area contributed by atoms with Crippen molar-refractivity contribution in [2.24, 2.45) is 17.3 Å². The Morgan fingerprint density at radius 3 is 2.65 bits per heavy atom. The van der Waals surface area contributed by atoms with Crippen molar-refractivity contribution in [2.75, 3.05) is 0 Å². The first-order valence-electron chi connectivity index (χ1n) is 7.80. The van der Waals surface area contributed by atoms with Gasteiger partial charge in [0.25, 0.3) is 0 Å². The number of carbonyl (C=O) groups is 1. The fourth-order valence-corrected chi connectivity index (χ4v) is 3.64. The van der Waals surface area contributed by atoms with Gasteiger partial charge in [0.1, 0.15) is 5.60 Å². The maximum Gasteiger partial charge on any atom is 0.162 e. The molecule has 2 heteroatoms. The van der Waals surface area contributed by atoms with Crippen LogP contribution in [0.3, 0.4) is 0 Å². The fourth-order valence-electron chi connectivity index (χ4n) is 3.64. The Bertz CT molecular complexity index is 489. The average Bonchev–Trinajstić information content (AvgIpc) is 2.96. The minimum Gasteiger partial charge on any atom is -0.374 e. The van der Waals surface area contributed by atoms with Crippen molar-refractivity contribution in [3.8, 4) is 11.8 Å². The van der Waals surface area contributed by atoms with Gasteiger partial charge in [0.05, 0.1) is 0 Å². The summed E-state index contributed by atoms with van der Waals surface area (Å²) in [5.41, 5.74) is -0.562. The van der Waals surface area contributed by atoms with E-state index in [9.17, 15) is 9.90 Å². The van der Waals surface area contributed by atoms with Crippen molar-refractivity contribution in [2.45, 2.75) is 65.4 Å². The first kappa shape index (κ1) is 15.3. The van der Waals surface area contributed by atoms with E-state index in [4.69, 9.17) is 0 Å². The Hall–Kier alpha value is -1.07. The first-order valence-corrected chi connectivity index (χ1v) is 7.80. The van der Waals surface area contributed by atoms with E-state index in [1.165, 1.54) is 19.3 Å². The van der Waals surface area contributed by atoms with Crippen molar-refractivity contribution in [1.29, 1.82) is 0 Å². The molecule has 3 atom stereocenters. The topological polar surface area (TPSA) is 37.3 Å². The molecule has 0 amide bonds. The predicted octanol–water partition coefficient (Wildman–Crippen LogP) is 3.49. The third-order valence-corrected chi connectivity index (χ3v) is 4.85. The van der Waals surface area contributed by atoms with Crippen molar-refractivity contribution in [3.05, 3.63) is 11.6 Å². The Morgan fingerprint density at radius 2 is 2.00 bits per heavy atom. The molecule has 0 heterocycles. The van der Waals surface area contributed by atoms with Crippen LogP contribution in [0, 0.1) is 29.1 Å². The lowest BCUT2D eigenvalue weighted by molar-refractivity contribution is -0.118. The number of ketones is 1. The van der Waals surface area contributed by atoms with Gasteiger partial charge in [-0.1, -0.05) is 51.9 Å². The molecular formula is C18H26O2. The van der Waals surface area contributed by atoms with Crippen LogP contribution in [0.1, 0.15) is 59.8 Å². The zero-order chi connectivity index (χ0) is 15.0. The van der Waals surface area contributed by atoms with Crippen molar-refractivity contribution in [1.82, 2.24) is 0 Å². The Labute approximate surface area is 122 Å². The molecule has 2 aliphatic carbocycles. The highest BCUT2D eigenvalue weighted by Crippen LogP contribution is 2.66. The summed E-state index contributed by atoms with van der Waals surface area (Å²) >= 11 is 0. The van der Waals surface area contributed by atoms with Crippen LogP contribution >= 0.6 is 0 Å². The van der Waals surface area contributed by atoms with Crippen molar-refractivity contribution < 1.29 is 9.90 Å². The number of rotatable bonds is 4. The van der Waals surface area contributed by atoms with Gasteiger partial charge in [-0.15, -0.1) is 0 Å². The highest BCUT2D eigenvalue weighted by atomic mass is 16.3. The third-order valence-electron chi connectivity index (χ3n) is 4.85. The lowest BCUT2D eigenvalue weighted by Crippen LogP contribution is -2.33. The number of unbranched alkanes of at least 4 members (excludes halogenated alkanes) is 4. The minimum absolute atomic E-state index is 0.0330. The van der Waals surface area contributed by atoms with Gasteiger partial charge in [-0.3, -0.25) is 4.79 Å². The van der Waals surface area contributed by atoms with E-state index in [1.807, 2.05) is 0 Å². The first-order chi connectivity index (χ1) is 9.34. The van der Waals surface area contributed by atoms with Crippen molar-refractivity contribution >= 4 is 5.78 Å². The van der Waals surface area contributed by atoms with Gasteiger partial charge < -0.3 is 5.11 Å². The van der Waals surface area contributed by atoms with Gasteiger partial charge in [0.2, 0.25) is 0 Å². The molecule has 1 N–H and O–H groups in total. The van der Waals surface area contributed by atoms with E-state index in [0.29, 0.717) is 5.57 Å². The maximum atomic E-state index is 12.1. The molecule has 2 rings (SSSR count). The second kappa shape index (κ2) is 5.37. The minimum atomic E-state index is -1.10. The molecule has 1 saturated carbocycles. The zero-order valence-electron chi connectivity index (χ0n) is 13.1. The molecule has 2 aliphatic rings. The molecule has 0 aromatic rings. The summed E-state index contributed by atoms with van der Waals surface area (Å²) in [7, 11) is 0. The third kappa shape index (κ3) is 2.56. The summed E-state index contributed by atoms with van der Waals surface area (Å²) in [6.45, 7) is 8.10. The Balaban J connectivity index is 2.06. The summed E-state index contributed by atoms with van der Waals surface area (Å²) in [6, 6.07) is 0. The lowest BCUT2D eigenvalue weighted by atomic mass is 9.86. The van der Waals surface area contributed by atoms with Gasteiger partial charge in [-0.2, -0.15) is 0 Å². The van der Waals surface area contributed by atoms with Crippen LogP contribution in [0.4, 0.5) is 0 Å². The van der Waals surface area contributed by atoms with Crippen LogP contribution in [0.15, 0.2) is 11.6 Å². The monoisotopic (exact) mass is 274 g/mol. The van der Waals surface area contributed by atoms with E-state index < -0.39 is 5.60 Å². The predicted molar refractivity (Wildman–Crippen MR) is 81.0 cm³/mol. The summed E-state index contributed by atoms with van der Waals surface area (Å²) in [4.78, 5) is 12.1. The van der Waals surface area contributed by atoms with E-state index in [-0.39, 0.29) is 23.0 Å². The Kier molecular flexibility index (Phi) is 4.12. The Morgan fingerprint density at radius 1 is 1.30 bits per heavy atom. The fraction of sp³-hybridized carbons (Fsp3) is 0.722. The molecule has 110 valence electrons. The lowest BCUT2D eigenvalue weighted by Gasteiger charge is -2.23. The van der Waals surface area contributed by atoms with E-state index in [1.54, 1.807) is 13.0 Å². The van der Waals surface area contributed by atoms with Crippen LogP contribution in [-0.2, 0) is 4.79 Å². The molecular weight excluding hydrogens is 248 g/mol. The second-order valence-corrected chi connectivity index (χ2v) is 6.91. The van der Waals surface area contributed by atoms with Gasteiger partial charge >= 0.3 is 0 Å². The van der Waals surface area contributed by atoms with E-state index in [2.05, 4.69) is 32.6 Å². The molecule has 2 nitrogen and oxygen atoms in total. The SMILES string of the molecule is CCCCCCC#C[C@@]1(O)C=C(C)C(=O)[C@H]2[C@@H]1C2(C)C. The summed E-state index contributed by atoms with van der Waals surface area (Å²) in [5, 5.41) is 10.8. The highest BCUT2D eigenvalue weighted by molar-refractivity contribution is 6.01. The number of hydrogen-bond donors (Lipinski definition) is 1. The number of aliphatic hydroxyl groups is 1. The van der Waals surface area contributed by atoms with E-state index >= 15 is 0 Å². The van der Waals surface area contributed by atoms with Crippen LogP contribution in [0.25, 0.3) is 0 Å². The van der Waals surface area contributed by atoms with Gasteiger partial charge in [0, 0.05) is 18.3 Å². The molecule has 20 heavy (non-hydrogen) atoms. The molecule has 0 radical (unpaired) electrons. The molecule has 0 aliphatic heterocycles. The highest BCUT2D eigenvalue weighted by Gasteiger charge is 2.70. The molecule has 0 unspecified atom stereocenters. The van der Waals surface area contributed by atoms with Crippen LogP contribution in [0.2, 0.25) is 0 Å². The maximum absolute atomic E-state index is 12.1. The summed E-state index contributed by atoms with van der Waals surface area (Å²) < 4.78 is 0.